The van der Waals surface area contributed by atoms with Gasteiger partial charge < -0.3 is 10.2 Å². The highest BCUT2D eigenvalue weighted by Gasteiger charge is 2.31. The molecule has 0 radical (unpaired) electrons. The third-order valence-corrected chi connectivity index (χ3v) is 4.36. The van der Waals surface area contributed by atoms with Gasteiger partial charge >= 0.3 is 0 Å². The molecule has 0 spiro atoms. The maximum absolute atomic E-state index is 12.6. The van der Waals surface area contributed by atoms with Gasteiger partial charge in [-0.2, -0.15) is 0 Å². The summed E-state index contributed by atoms with van der Waals surface area (Å²) in [7, 11) is 0. The molecule has 1 fully saturated rings. The van der Waals surface area contributed by atoms with E-state index in [0.29, 0.717) is 12.1 Å². The van der Waals surface area contributed by atoms with E-state index in [9.17, 15) is 4.79 Å². The van der Waals surface area contributed by atoms with E-state index >= 15 is 0 Å². The van der Waals surface area contributed by atoms with Gasteiger partial charge in [0.05, 0.1) is 6.04 Å². The average Bonchev–Trinajstić information content (AvgIpc) is 2.45. The van der Waals surface area contributed by atoms with Gasteiger partial charge in [0, 0.05) is 31.7 Å². The van der Waals surface area contributed by atoms with Crippen LogP contribution in [0, 0.1) is 0 Å². The molecular weight excluding hydrogens is 250 g/mol. The number of hydrogen-bond donors (Lipinski definition) is 1. The fraction of sp³-hybridized carbons (Fsp3) is 0.938. The first-order chi connectivity index (χ1) is 9.51. The molecule has 1 heterocycles. The molecule has 1 amide bonds. The number of piperidine rings is 1. The summed E-state index contributed by atoms with van der Waals surface area (Å²) < 4.78 is 0. The molecule has 1 N–H and O–H groups in total. The van der Waals surface area contributed by atoms with Crippen LogP contribution >= 0.6 is 0 Å². The van der Waals surface area contributed by atoms with E-state index in [1.807, 2.05) is 4.90 Å². The van der Waals surface area contributed by atoms with Crippen LogP contribution in [0.2, 0.25) is 0 Å². The molecule has 0 saturated carbocycles. The number of rotatable bonds is 7. The SMILES string of the molecule is CCN(CC)C(=O)C(C)N1CCCCC1CNC(C)C. The molecule has 0 aromatic heterocycles. The van der Waals surface area contributed by atoms with E-state index < -0.39 is 0 Å². The second kappa shape index (κ2) is 8.63. The van der Waals surface area contributed by atoms with E-state index in [4.69, 9.17) is 0 Å². The van der Waals surface area contributed by atoms with Gasteiger partial charge in [0.1, 0.15) is 0 Å². The summed E-state index contributed by atoms with van der Waals surface area (Å²) in [5.74, 6) is 0.284. The topological polar surface area (TPSA) is 35.6 Å². The largest absolute Gasteiger partial charge is 0.342 e. The zero-order valence-corrected chi connectivity index (χ0v) is 14.0. The summed E-state index contributed by atoms with van der Waals surface area (Å²) >= 11 is 0. The minimum atomic E-state index is 0.00848. The second-order valence-corrected chi connectivity index (χ2v) is 6.14. The van der Waals surface area contributed by atoms with Crippen molar-refractivity contribution in [2.45, 2.75) is 72.0 Å². The fourth-order valence-corrected chi connectivity index (χ4v) is 3.07. The van der Waals surface area contributed by atoms with Crippen LogP contribution in [0.5, 0.6) is 0 Å². The van der Waals surface area contributed by atoms with Gasteiger partial charge in [0.2, 0.25) is 5.91 Å². The summed E-state index contributed by atoms with van der Waals surface area (Å²) in [6.45, 7) is 14.2. The lowest BCUT2D eigenvalue weighted by atomic mass is 9.99. The molecule has 1 rings (SSSR count). The molecule has 0 bridgehead atoms. The fourth-order valence-electron chi connectivity index (χ4n) is 3.07. The first kappa shape index (κ1) is 17.4. The Morgan fingerprint density at radius 2 is 1.90 bits per heavy atom. The summed E-state index contributed by atoms with van der Waals surface area (Å²) in [4.78, 5) is 16.9. The lowest BCUT2D eigenvalue weighted by molar-refractivity contribution is -0.137. The van der Waals surface area contributed by atoms with Crippen molar-refractivity contribution in [1.82, 2.24) is 15.1 Å². The zero-order chi connectivity index (χ0) is 15.1. The van der Waals surface area contributed by atoms with Crippen molar-refractivity contribution in [3.63, 3.8) is 0 Å². The molecule has 0 aliphatic carbocycles. The van der Waals surface area contributed by atoms with E-state index in [1.165, 1.54) is 19.3 Å². The molecule has 20 heavy (non-hydrogen) atoms. The molecule has 1 aliphatic rings. The number of nitrogens with one attached hydrogen (secondary N) is 1. The van der Waals surface area contributed by atoms with E-state index in [0.717, 1.165) is 26.2 Å². The van der Waals surface area contributed by atoms with Crippen LogP contribution in [0.3, 0.4) is 0 Å². The zero-order valence-electron chi connectivity index (χ0n) is 14.0. The van der Waals surface area contributed by atoms with Gasteiger partial charge in [-0.25, -0.2) is 0 Å². The number of amides is 1. The Morgan fingerprint density at radius 3 is 2.45 bits per heavy atom. The summed E-state index contributed by atoms with van der Waals surface area (Å²) in [6.07, 6.45) is 3.71. The van der Waals surface area contributed by atoms with Gasteiger partial charge in [-0.15, -0.1) is 0 Å². The standard InChI is InChI=1S/C16H33N3O/c1-6-18(7-2)16(20)14(5)19-11-9-8-10-15(19)12-17-13(3)4/h13-15,17H,6-12H2,1-5H3. The summed E-state index contributed by atoms with van der Waals surface area (Å²) in [5.41, 5.74) is 0. The van der Waals surface area contributed by atoms with Crippen molar-refractivity contribution < 1.29 is 4.79 Å². The molecule has 1 saturated heterocycles. The Morgan fingerprint density at radius 1 is 1.25 bits per heavy atom. The van der Waals surface area contributed by atoms with Crippen LogP contribution in [0.25, 0.3) is 0 Å². The van der Waals surface area contributed by atoms with Crippen LogP contribution < -0.4 is 5.32 Å². The Hall–Kier alpha value is -0.610. The summed E-state index contributed by atoms with van der Waals surface area (Å²) in [6, 6.07) is 1.02. The summed E-state index contributed by atoms with van der Waals surface area (Å²) in [5, 5.41) is 3.53. The third-order valence-electron chi connectivity index (χ3n) is 4.36. The van der Waals surface area contributed by atoms with Gasteiger partial charge in [0.25, 0.3) is 0 Å². The molecule has 0 aromatic rings. The van der Waals surface area contributed by atoms with Crippen LogP contribution in [0.4, 0.5) is 0 Å². The number of carbonyl (C=O) groups excluding carboxylic acids is 1. The number of likely N-dealkylation sites (N-methyl/N-ethyl adjacent to an activating group) is 1. The number of hydrogen-bond acceptors (Lipinski definition) is 3. The van der Waals surface area contributed by atoms with Crippen molar-refractivity contribution in [3.05, 3.63) is 0 Å². The molecule has 4 nitrogen and oxygen atoms in total. The minimum Gasteiger partial charge on any atom is -0.342 e. The van der Waals surface area contributed by atoms with E-state index in [1.54, 1.807) is 0 Å². The van der Waals surface area contributed by atoms with E-state index in [2.05, 4.69) is 44.8 Å². The van der Waals surface area contributed by atoms with Crippen molar-refractivity contribution in [2.75, 3.05) is 26.2 Å². The Bertz CT molecular complexity index is 289. The van der Waals surface area contributed by atoms with Gasteiger partial charge in [-0.1, -0.05) is 20.3 Å². The van der Waals surface area contributed by atoms with Crippen LogP contribution in [-0.2, 0) is 4.79 Å². The smallest absolute Gasteiger partial charge is 0.239 e. The molecule has 0 aromatic carbocycles. The maximum Gasteiger partial charge on any atom is 0.239 e. The van der Waals surface area contributed by atoms with E-state index in [-0.39, 0.29) is 11.9 Å². The third kappa shape index (κ3) is 4.74. The molecular formula is C16H33N3O. The molecule has 2 unspecified atom stereocenters. The first-order valence-electron chi connectivity index (χ1n) is 8.29. The molecule has 1 aliphatic heterocycles. The van der Waals surface area contributed by atoms with Crippen LogP contribution in [0.15, 0.2) is 0 Å². The van der Waals surface area contributed by atoms with Crippen LogP contribution in [0.1, 0.15) is 53.9 Å². The van der Waals surface area contributed by atoms with Gasteiger partial charge in [-0.05, 0) is 40.2 Å². The van der Waals surface area contributed by atoms with Gasteiger partial charge in [-0.3, -0.25) is 9.69 Å². The lowest BCUT2D eigenvalue weighted by Crippen LogP contribution is -2.55. The Labute approximate surface area is 124 Å². The second-order valence-electron chi connectivity index (χ2n) is 6.14. The lowest BCUT2D eigenvalue weighted by Gasteiger charge is -2.41. The van der Waals surface area contributed by atoms with Crippen molar-refractivity contribution in [2.24, 2.45) is 0 Å². The van der Waals surface area contributed by atoms with Crippen molar-refractivity contribution >= 4 is 5.91 Å². The highest BCUT2D eigenvalue weighted by Crippen LogP contribution is 2.20. The number of carbonyl (C=O) groups is 1. The van der Waals surface area contributed by atoms with Crippen molar-refractivity contribution in [3.8, 4) is 0 Å². The Kier molecular flexibility index (Phi) is 7.52. The molecule has 2 atom stereocenters. The first-order valence-corrected chi connectivity index (χ1v) is 8.29. The monoisotopic (exact) mass is 283 g/mol. The van der Waals surface area contributed by atoms with Crippen molar-refractivity contribution in [1.29, 1.82) is 0 Å². The number of likely N-dealkylation sites (tertiary alicyclic amines) is 1. The maximum atomic E-state index is 12.6. The minimum absolute atomic E-state index is 0.00848. The normalized spacial score (nSPS) is 22.0. The highest BCUT2D eigenvalue weighted by molar-refractivity contribution is 5.81. The molecule has 118 valence electrons. The average molecular weight is 283 g/mol. The predicted octanol–water partition coefficient (Wildman–Crippen LogP) is 2.10. The van der Waals surface area contributed by atoms with Gasteiger partial charge in [0.15, 0.2) is 0 Å². The quantitative estimate of drug-likeness (QED) is 0.777. The highest BCUT2D eigenvalue weighted by atomic mass is 16.2. The predicted molar refractivity (Wildman–Crippen MR) is 84.9 cm³/mol. The Balaban J connectivity index is 2.65. The molecule has 4 heteroatoms. The van der Waals surface area contributed by atoms with Crippen LogP contribution in [-0.4, -0.2) is 60.0 Å². The number of nitrogens with zero attached hydrogens (tertiary/aromatic N) is 2.